The smallest absolute Gasteiger partial charge is 0.270 e. The third-order valence-corrected chi connectivity index (χ3v) is 4.67. The van der Waals surface area contributed by atoms with Crippen molar-refractivity contribution in [2.45, 2.75) is 31.7 Å². The monoisotopic (exact) mass is 404 g/mol. The molecule has 0 atom stereocenters. The number of rotatable bonds is 6. The van der Waals surface area contributed by atoms with Gasteiger partial charge in [-0.3, -0.25) is 14.9 Å². The summed E-state index contributed by atoms with van der Waals surface area (Å²) in [7, 11) is 0. The zero-order valence-corrected chi connectivity index (χ0v) is 13.7. The Kier molecular flexibility index (Phi) is 5.51. The Hall–Kier alpha value is -1.22. The Bertz CT molecular complexity index is 546. The normalized spacial score (nSPS) is 14.6. The zero-order valence-electron chi connectivity index (χ0n) is 11.5. The highest BCUT2D eigenvalue weighted by atomic mass is 127. The maximum absolute atomic E-state index is 12.7. The molecule has 0 heterocycles. The van der Waals surface area contributed by atoms with Gasteiger partial charge in [-0.2, -0.15) is 0 Å². The number of aliphatic hydroxyl groups is 1. The molecule has 114 valence electrons. The number of carbonyl (C=O) groups excluding carboxylic acids is 1. The first-order valence-corrected chi connectivity index (χ1v) is 7.98. The third kappa shape index (κ3) is 3.70. The number of amides is 1. The topological polar surface area (TPSA) is 83.7 Å². The number of halogens is 1. The van der Waals surface area contributed by atoms with Gasteiger partial charge < -0.3 is 10.0 Å². The van der Waals surface area contributed by atoms with Crippen molar-refractivity contribution < 1.29 is 14.8 Å². The molecule has 0 radical (unpaired) electrons. The Morgan fingerprint density at radius 2 is 2.19 bits per heavy atom. The molecule has 1 aliphatic carbocycles. The van der Waals surface area contributed by atoms with Crippen LogP contribution in [0, 0.1) is 13.7 Å². The van der Waals surface area contributed by atoms with Crippen molar-refractivity contribution in [1.29, 1.82) is 0 Å². The minimum Gasteiger partial charge on any atom is -0.396 e. The van der Waals surface area contributed by atoms with Gasteiger partial charge in [-0.15, -0.1) is 0 Å². The van der Waals surface area contributed by atoms with Crippen LogP contribution in [0.3, 0.4) is 0 Å². The van der Waals surface area contributed by atoms with Crippen LogP contribution in [0.25, 0.3) is 0 Å². The summed E-state index contributed by atoms with van der Waals surface area (Å²) in [5.41, 5.74) is 0.295. The number of nitro benzene ring substituents is 1. The van der Waals surface area contributed by atoms with E-state index in [9.17, 15) is 14.9 Å². The van der Waals surface area contributed by atoms with Gasteiger partial charge in [0.05, 0.1) is 10.5 Å². The van der Waals surface area contributed by atoms with Crippen LogP contribution < -0.4 is 0 Å². The number of aliphatic hydroxyl groups excluding tert-OH is 1. The molecule has 1 aromatic carbocycles. The van der Waals surface area contributed by atoms with E-state index in [1.165, 1.54) is 12.1 Å². The van der Waals surface area contributed by atoms with Gasteiger partial charge in [0.25, 0.3) is 11.6 Å². The van der Waals surface area contributed by atoms with Crippen molar-refractivity contribution in [3.05, 3.63) is 37.4 Å². The zero-order chi connectivity index (χ0) is 15.4. The van der Waals surface area contributed by atoms with Crippen LogP contribution in [0.4, 0.5) is 5.69 Å². The molecule has 1 N–H and O–H groups in total. The highest BCUT2D eigenvalue weighted by molar-refractivity contribution is 14.1. The summed E-state index contributed by atoms with van der Waals surface area (Å²) < 4.78 is 0.705. The molecule has 1 fully saturated rings. The number of nitrogens with zero attached hydrogens (tertiary/aromatic N) is 2. The van der Waals surface area contributed by atoms with Crippen molar-refractivity contribution >= 4 is 34.2 Å². The summed E-state index contributed by atoms with van der Waals surface area (Å²) >= 11 is 2.02. The third-order valence-electron chi connectivity index (χ3n) is 3.72. The molecule has 7 heteroatoms. The van der Waals surface area contributed by atoms with E-state index in [-0.39, 0.29) is 24.2 Å². The second-order valence-electron chi connectivity index (χ2n) is 5.08. The number of hydrogen-bond donors (Lipinski definition) is 1. The molecule has 1 amide bonds. The molecular weight excluding hydrogens is 387 g/mol. The van der Waals surface area contributed by atoms with E-state index in [1.807, 2.05) is 22.6 Å². The number of non-ortho nitro benzene ring substituents is 1. The maximum Gasteiger partial charge on any atom is 0.270 e. The molecule has 0 unspecified atom stereocenters. The highest BCUT2D eigenvalue weighted by Crippen LogP contribution is 2.28. The fourth-order valence-electron chi connectivity index (χ4n) is 2.33. The predicted octanol–water partition coefficient (Wildman–Crippen LogP) is 2.58. The highest BCUT2D eigenvalue weighted by Gasteiger charge is 2.30. The maximum atomic E-state index is 12.7. The van der Waals surface area contributed by atoms with E-state index in [2.05, 4.69) is 0 Å². The fraction of sp³-hybridized carbons (Fsp3) is 0.500. The van der Waals surface area contributed by atoms with Gasteiger partial charge in [-0.05, 0) is 54.3 Å². The number of nitro groups is 1. The molecule has 0 spiro atoms. The van der Waals surface area contributed by atoms with Crippen LogP contribution in [-0.2, 0) is 0 Å². The van der Waals surface area contributed by atoms with Gasteiger partial charge in [0, 0.05) is 34.9 Å². The van der Waals surface area contributed by atoms with Crippen LogP contribution >= 0.6 is 22.6 Å². The standard InChI is InChI=1S/C14H17IN2O4/c15-13-6-5-11(17(20)21)9-12(13)14(19)16(7-2-8-18)10-3-1-4-10/h5-6,9-10,18H,1-4,7-8H2. The largest absolute Gasteiger partial charge is 0.396 e. The van der Waals surface area contributed by atoms with Gasteiger partial charge in [-0.1, -0.05) is 0 Å². The van der Waals surface area contributed by atoms with Crippen molar-refractivity contribution in [1.82, 2.24) is 4.90 Å². The summed E-state index contributed by atoms with van der Waals surface area (Å²) in [4.78, 5) is 24.8. The van der Waals surface area contributed by atoms with Gasteiger partial charge in [0.15, 0.2) is 0 Å². The molecule has 0 saturated heterocycles. The summed E-state index contributed by atoms with van der Waals surface area (Å²) in [6, 6.07) is 4.53. The van der Waals surface area contributed by atoms with Crippen molar-refractivity contribution in [3.63, 3.8) is 0 Å². The minimum absolute atomic E-state index is 0.0303. The quantitative estimate of drug-likeness (QED) is 0.449. The summed E-state index contributed by atoms with van der Waals surface area (Å²) in [5.74, 6) is -0.179. The molecule has 1 saturated carbocycles. The van der Waals surface area contributed by atoms with Crippen LogP contribution in [0.2, 0.25) is 0 Å². The van der Waals surface area contributed by atoms with Crippen molar-refractivity contribution in [3.8, 4) is 0 Å². The minimum atomic E-state index is -0.492. The van der Waals surface area contributed by atoms with E-state index in [0.717, 1.165) is 19.3 Å². The molecule has 21 heavy (non-hydrogen) atoms. The van der Waals surface area contributed by atoms with Gasteiger partial charge >= 0.3 is 0 Å². The summed E-state index contributed by atoms with van der Waals surface area (Å²) in [6.07, 6.45) is 3.54. The Balaban J connectivity index is 2.26. The van der Waals surface area contributed by atoms with Crippen molar-refractivity contribution in [2.24, 2.45) is 0 Å². The van der Waals surface area contributed by atoms with Crippen LogP contribution in [-0.4, -0.2) is 40.0 Å². The first kappa shape index (κ1) is 16.2. The molecule has 2 rings (SSSR count). The average molecular weight is 404 g/mol. The van der Waals surface area contributed by atoms with Crippen LogP contribution in [0.1, 0.15) is 36.0 Å². The van der Waals surface area contributed by atoms with E-state index in [4.69, 9.17) is 5.11 Å². The first-order valence-electron chi connectivity index (χ1n) is 6.90. The fourth-order valence-corrected chi connectivity index (χ4v) is 2.90. The molecule has 1 aromatic rings. The molecule has 6 nitrogen and oxygen atoms in total. The Morgan fingerprint density at radius 1 is 1.48 bits per heavy atom. The average Bonchev–Trinajstić information content (AvgIpc) is 2.40. The van der Waals surface area contributed by atoms with E-state index in [1.54, 1.807) is 11.0 Å². The second-order valence-corrected chi connectivity index (χ2v) is 6.24. The summed E-state index contributed by atoms with van der Waals surface area (Å²) in [6.45, 7) is 0.515. The molecular formula is C14H17IN2O4. The molecule has 0 aliphatic heterocycles. The van der Waals surface area contributed by atoms with Crippen molar-refractivity contribution in [2.75, 3.05) is 13.2 Å². The lowest BCUT2D eigenvalue weighted by molar-refractivity contribution is -0.384. The Labute approximate surface area is 136 Å². The van der Waals surface area contributed by atoms with E-state index < -0.39 is 4.92 Å². The van der Waals surface area contributed by atoms with E-state index >= 15 is 0 Å². The van der Waals surface area contributed by atoms with Gasteiger partial charge in [-0.25, -0.2) is 0 Å². The SMILES string of the molecule is O=C(c1cc([N+](=O)[O-])ccc1I)N(CCCO)C1CCC1. The number of hydrogen-bond acceptors (Lipinski definition) is 4. The number of carbonyl (C=O) groups is 1. The number of benzene rings is 1. The van der Waals surface area contributed by atoms with Gasteiger partial charge in [0.1, 0.15) is 0 Å². The van der Waals surface area contributed by atoms with Crippen LogP contribution in [0.15, 0.2) is 18.2 Å². The molecule has 0 bridgehead atoms. The summed E-state index contributed by atoms with van der Waals surface area (Å²) in [5, 5.41) is 19.9. The second kappa shape index (κ2) is 7.17. The lowest BCUT2D eigenvalue weighted by Gasteiger charge is -2.37. The lowest BCUT2D eigenvalue weighted by atomic mass is 9.90. The molecule has 0 aromatic heterocycles. The van der Waals surface area contributed by atoms with E-state index in [0.29, 0.717) is 22.1 Å². The Morgan fingerprint density at radius 3 is 2.71 bits per heavy atom. The lowest BCUT2D eigenvalue weighted by Crippen LogP contribution is -2.45. The van der Waals surface area contributed by atoms with Crippen LogP contribution in [0.5, 0.6) is 0 Å². The first-order chi connectivity index (χ1) is 10.0. The van der Waals surface area contributed by atoms with Gasteiger partial charge in [0.2, 0.25) is 0 Å². The predicted molar refractivity (Wildman–Crippen MR) is 86.2 cm³/mol. The molecule has 1 aliphatic rings.